The van der Waals surface area contributed by atoms with Gasteiger partial charge in [-0.05, 0) is 48.3 Å². The van der Waals surface area contributed by atoms with E-state index in [9.17, 15) is 0 Å². The molecule has 0 heterocycles. The summed E-state index contributed by atoms with van der Waals surface area (Å²) in [6, 6.07) is 9.17. The highest BCUT2D eigenvalue weighted by Crippen LogP contribution is 2.29. The Hall–Kier alpha value is -0.730. The maximum absolute atomic E-state index is 3.42. The van der Waals surface area contributed by atoms with Crippen molar-refractivity contribution in [3.63, 3.8) is 0 Å². The number of allylic oxidation sites excluding steroid dienone is 2. The molecule has 24 heavy (non-hydrogen) atoms. The number of rotatable bonds is 6. The maximum atomic E-state index is 3.42. The van der Waals surface area contributed by atoms with Crippen LogP contribution in [-0.2, 0) is 6.42 Å². The van der Waals surface area contributed by atoms with Crippen LogP contribution in [0.1, 0.15) is 78.9 Å². The van der Waals surface area contributed by atoms with Crippen LogP contribution in [0.15, 0.2) is 30.3 Å². The number of hydrogen-bond donors (Lipinski definition) is 1. The van der Waals surface area contributed by atoms with Crippen LogP contribution in [0.25, 0.3) is 5.57 Å². The highest BCUT2D eigenvalue weighted by molar-refractivity contribution is 7.97. The summed E-state index contributed by atoms with van der Waals surface area (Å²) in [5, 5.41) is 0.651. The molecule has 2 heteroatoms. The quantitative estimate of drug-likeness (QED) is 0.433. The molecule has 138 valence electrons. The largest absolute Gasteiger partial charge is 0.264 e. The van der Waals surface area contributed by atoms with Crippen LogP contribution in [0.2, 0.25) is 0 Å². The number of benzene rings is 1. The van der Waals surface area contributed by atoms with Crippen LogP contribution in [0.4, 0.5) is 0 Å². The zero-order valence-electron chi connectivity index (χ0n) is 17.0. The van der Waals surface area contributed by atoms with Gasteiger partial charge in [-0.3, -0.25) is 4.72 Å². The predicted octanol–water partition coefficient (Wildman–Crippen LogP) is 7.13. The van der Waals surface area contributed by atoms with Gasteiger partial charge in [-0.25, -0.2) is 0 Å². The fourth-order valence-electron chi connectivity index (χ4n) is 2.53. The molecule has 1 aliphatic rings. The molecule has 0 saturated heterocycles. The lowest BCUT2D eigenvalue weighted by Gasteiger charge is -2.18. The summed E-state index contributed by atoms with van der Waals surface area (Å²) in [5.74, 6) is 0.863. The van der Waals surface area contributed by atoms with Crippen LogP contribution in [0.5, 0.6) is 0 Å². The Labute approximate surface area is 155 Å². The summed E-state index contributed by atoms with van der Waals surface area (Å²) >= 11 is 1.82. The Morgan fingerprint density at radius 1 is 1.08 bits per heavy atom. The van der Waals surface area contributed by atoms with Crippen LogP contribution >= 0.6 is 11.9 Å². The highest BCUT2D eigenvalue weighted by Gasteiger charge is 2.11. The van der Waals surface area contributed by atoms with Crippen molar-refractivity contribution in [2.75, 3.05) is 6.54 Å². The lowest BCUT2D eigenvalue weighted by molar-refractivity contribution is 0.534. The van der Waals surface area contributed by atoms with Crippen molar-refractivity contribution < 1.29 is 0 Å². The summed E-state index contributed by atoms with van der Waals surface area (Å²) in [6.45, 7) is 15.8. The molecule has 0 aliphatic heterocycles. The van der Waals surface area contributed by atoms with Gasteiger partial charge in [-0.2, -0.15) is 0 Å². The topological polar surface area (TPSA) is 12.0 Å². The molecular weight excluding hydrogens is 310 g/mol. The second-order valence-electron chi connectivity index (χ2n) is 6.12. The molecule has 1 unspecified atom stereocenters. The fourth-order valence-corrected chi connectivity index (χ4v) is 3.09. The van der Waals surface area contributed by atoms with E-state index in [1.807, 2.05) is 39.6 Å². The molecule has 0 radical (unpaired) electrons. The first kappa shape index (κ1) is 23.3. The van der Waals surface area contributed by atoms with Crippen molar-refractivity contribution in [2.24, 2.45) is 5.92 Å². The van der Waals surface area contributed by atoms with Gasteiger partial charge in [0, 0.05) is 11.8 Å². The minimum Gasteiger partial charge on any atom is -0.264 e. The first-order valence-electron chi connectivity index (χ1n) is 9.82. The van der Waals surface area contributed by atoms with E-state index in [1.165, 1.54) is 30.4 Å². The Morgan fingerprint density at radius 3 is 2.21 bits per heavy atom. The molecule has 0 saturated carbocycles. The second-order valence-corrected chi connectivity index (χ2v) is 7.58. The minimum atomic E-state index is 0.651. The van der Waals surface area contributed by atoms with Crippen LogP contribution < -0.4 is 4.72 Å². The van der Waals surface area contributed by atoms with E-state index in [0.717, 1.165) is 18.9 Å². The van der Waals surface area contributed by atoms with E-state index < -0.39 is 0 Å². The van der Waals surface area contributed by atoms with E-state index in [4.69, 9.17) is 0 Å². The molecule has 0 spiro atoms. The van der Waals surface area contributed by atoms with Crippen molar-refractivity contribution in [3.8, 4) is 0 Å². The number of nitrogens with one attached hydrogen (secondary N) is 1. The van der Waals surface area contributed by atoms with Gasteiger partial charge in [0.05, 0.1) is 0 Å². The summed E-state index contributed by atoms with van der Waals surface area (Å²) in [5.41, 5.74) is 4.39. The van der Waals surface area contributed by atoms with Gasteiger partial charge in [0.25, 0.3) is 0 Å². The zero-order chi connectivity index (χ0) is 18.4. The van der Waals surface area contributed by atoms with E-state index in [-0.39, 0.29) is 0 Å². The molecule has 2 rings (SSSR count). The fraction of sp³-hybridized carbons (Fsp3) is 0.636. The summed E-state index contributed by atoms with van der Waals surface area (Å²) in [6.07, 6.45) is 7.37. The van der Waals surface area contributed by atoms with Crippen molar-refractivity contribution in [3.05, 3.63) is 41.5 Å². The molecule has 1 aromatic rings. The van der Waals surface area contributed by atoms with Crippen LogP contribution in [0.3, 0.4) is 0 Å². The third-order valence-electron chi connectivity index (χ3n) is 3.83. The first-order valence-corrected chi connectivity index (χ1v) is 10.7. The van der Waals surface area contributed by atoms with Gasteiger partial charge in [0.15, 0.2) is 0 Å². The molecule has 0 aromatic heterocycles. The Balaban J connectivity index is 0.00000123. The van der Waals surface area contributed by atoms with Gasteiger partial charge < -0.3 is 0 Å². The minimum absolute atomic E-state index is 0.651. The molecule has 1 aromatic carbocycles. The lowest BCUT2D eigenvalue weighted by Crippen LogP contribution is -2.11. The third kappa shape index (κ3) is 9.54. The van der Waals surface area contributed by atoms with Gasteiger partial charge in [-0.15, -0.1) is 0 Å². The van der Waals surface area contributed by atoms with Gasteiger partial charge in [-0.1, -0.05) is 90.8 Å². The second kappa shape index (κ2) is 14.6. The van der Waals surface area contributed by atoms with Crippen molar-refractivity contribution >= 4 is 17.5 Å². The van der Waals surface area contributed by atoms with E-state index in [0.29, 0.717) is 5.25 Å². The molecular formula is C22H39NS. The normalized spacial score (nSPS) is 16.5. The van der Waals surface area contributed by atoms with Gasteiger partial charge in [0.1, 0.15) is 0 Å². The summed E-state index contributed by atoms with van der Waals surface area (Å²) < 4.78 is 3.42. The first-order chi connectivity index (χ1) is 11.6. The average Bonchev–Trinajstić information content (AvgIpc) is 2.63. The third-order valence-corrected chi connectivity index (χ3v) is 4.67. The lowest BCUT2D eigenvalue weighted by atomic mass is 9.87. The molecule has 1 nitrogen and oxygen atoms in total. The highest BCUT2D eigenvalue weighted by atomic mass is 32.2. The summed E-state index contributed by atoms with van der Waals surface area (Å²) in [7, 11) is 0. The monoisotopic (exact) mass is 349 g/mol. The molecule has 1 N–H and O–H groups in total. The van der Waals surface area contributed by atoms with E-state index in [2.05, 4.69) is 55.8 Å². The van der Waals surface area contributed by atoms with Crippen molar-refractivity contribution in [1.29, 1.82) is 0 Å². The SMILES string of the molecule is CC.CC.CC1CC=C(c2ccc(CCNSC(C)C)cc2)CC1. The van der Waals surface area contributed by atoms with Crippen LogP contribution in [0, 0.1) is 5.92 Å². The zero-order valence-corrected chi connectivity index (χ0v) is 17.8. The molecule has 1 atom stereocenters. The average molecular weight is 350 g/mol. The number of hydrogen-bond acceptors (Lipinski definition) is 2. The molecule has 0 amide bonds. The molecule has 0 fully saturated rings. The van der Waals surface area contributed by atoms with Crippen molar-refractivity contribution in [1.82, 2.24) is 4.72 Å². The Bertz CT molecular complexity index is 434. The maximum Gasteiger partial charge on any atom is 0.0136 e. The van der Waals surface area contributed by atoms with E-state index >= 15 is 0 Å². The molecule has 0 bridgehead atoms. The van der Waals surface area contributed by atoms with Gasteiger partial charge >= 0.3 is 0 Å². The predicted molar refractivity (Wildman–Crippen MR) is 115 cm³/mol. The standard InChI is InChI=1S/C18H27NS.2C2H6/c1-14(2)20-19-13-12-16-6-10-18(11-7-16)17-8-4-15(3)5-9-17;2*1-2/h6-8,10-11,14-15,19H,4-5,9,12-13H2,1-3H3;2*1-2H3. The van der Waals surface area contributed by atoms with Crippen LogP contribution in [-0.4, -0.2) is 11.8 Å². The van der Waals surface area contributed by atoms with Crippen molar-refractivity contribution in [2.45, 2.75) is 79.4 Å². The molecule has 1 aliphatic carbocycles. The smallest absolute Gasteiger partial charge is 0.0136 e. The summed E-state index contributed by atoms with van der Waals surface area (Å²) in [4.78, 5) is 0. The Kier molecular flexibility index (Phi) is 14.2. The Morgan fingerprint density at radius 2 is 1.71 bits per heavy atom. The van der Waals surface area contributed by atoms with Gasteiger partial charge in [0.2, 0.25) is 0 Å². The van der Waals surface area contributed by atoms with E-state index in [1.54, 1.807) is 5.57 Å².